The molecule has 0 spiro atoms. The molecule has 0 radical (unpaired) electrons. The van der Waals surface area contributed by atoms with Crippen molar-refractivity contribution in [3.05, 3.63) is 79.4 Å². The lowest BCUT2D eigenvalue weighted by molar-refractivity contribution is -0.634. The van der Waals surface area contributed by atoms with Gasteiger partial charge in [0, 0.05) is 48.1 Å². The van der Waals surface area contributed by atoms with Crippen molar-refractivity contribution in [1.29, 1.82) is 0 Å². The zero-order valence-corrected chi connectivity index (χ0v) is 18.1. The molecule has 0 amide bonds. The van der Waals surface area contributed by atoms with Gasteiger partial charge < -0.3 is 9.64 Å². The number of methoxy groups -OCH3 is 1. The lowest BCUT2D eigenvalue weighted by atomic mass is 9.94. The van der Waals surface area contributed by atoms with Crippen LogP contribution in [0.5, 0.6) is 5.75 Å². The summed E-state index contributed by atoms with van der Waals surface area (Å²) in [5.41, 5.74) is 5.91. The predicted octanol–water partition coefficient (Wildman–Crippen LogP) is 5.99. The number of hydrogen-bond donors (Lipinski definition) is 0. The van der Waals surface area contributed by atoms with Crippen molar-refractivity contribution in [3.63, 3.8) is 0 Å². The van der Waals surface area contributed by atoms with Crippen LogP contribution in [0, 0.1) is 0 Å². The van der Waals surface area contributed by atoms with Gasteiger partial charge in [-0.1, -0.05) is 30.8 Å². The zero-order valence-electron chi connectivity index (χ0n) is 18.1. The molecular formula is C27H29N2O+. The van der Waals surface area contributed by atoms with Gasteiger partial charge in [0.25, 0.3) is 0 Å². The SMILES string of the molecule is C=CC[n+]1c2ccccc2c(-c2ccc(N(CC)CC)cc2OC)c2ccccc21. The van der Waals surface area contributed by atoms with Gasteiger partial charge in [0.1, 0.15) is 5.75 Å². The van der Waals surface area contributed by atoms with Gasteiger partial charge in [-0.05, 0) is 44.2 Å². The molecule has 1 heterocycles. The maximum Gasteiger partial charge on any atom is 0.213 e. The molecule has 4 rings (SSSR count). The molecule has 0 bridgehead atoms. The molecule has 0 unspecified atom stereocenters. The number of aromatic nitrogens is 1. The van der Waals surface area contributed by atoms with Crippen LogP contribution in [0.25, 0.3) is 32.9 Å². The highest BCUT2D eigenvalue weighted by Crippen LogP contribution is 2.40. The maximum absolute atomic E-state index is 5.91. The molecule has 0 N–H and O–H groups in total. The molecule has 1 aromatic heterocycles. The van der Waals surface area contributed by atoms with Crippen molar-refractivity contribution >= 4 is 27.5 Å². The largest absolute Gasteiger partial charge is 0.496 e. The Morgan fingerprint density at radius 3 is 2.03 bits per heavy atom. The molecule has 0 fully saturated rings. The van der Waals surface area contributed by atoms with Gasteiger partial charge in [0.05, 0.1) is 17.9 Å². The van der Waals surface area contributed by atoms with E-state index in [2.05, 4.69) is 96.6 Å². The Balaban J connectivity index is 2.08. The number of ether oxygens (including phenoxy) is 1. The minimum atomic E-state index is 0.763. The molecule has 0 aliphatic heterocycles. The summed E-state index contributed by atoms with van der Waals surface area (Å²) >= 11 is 0. The van der Waals surface area contributed by atoms with Crippen molar-refractivity contribution in [1.82, 2.24) is 0 Å². The minimum absolute atomic E-state index is 0.763. The molecule has 3 aromatic carbocycles. The summed E-state index contributed by atoms with van der Waals surface area (Å²) < 4.78 is 8.24. The van der Waals surface area contributed by atoms with Gasteiger partial charge in [0.2, 0.25) is 11.0 Å². The number of anilines is 1. The second kappa shape index (κ2) is 8.58. The Morgan fingerprint density at radius 2 is 1.50 bits per heavy atom. The summed E-state index contributed by atoms with van der Waals surface area (Å²) in [5, 5.41) is 2.43. The zero-order chi connectivity index (χ0) is 21.1. The standard InChI is InChI=1S/C27H29N2O/c1-5-18-29-24-14-10-8-12-21(24)27(22-13-9-11-15-25(22)29)23-17-16-20(19-26(23)30-4)28(6-2)7-3/h5,8-17,19H,1,6-7,18H2,2-4H3/q+1. The van der Waals surface area contributed by atoms with Crippen molar-refractivity contribution in [2.24, 2.45) is 0 Å². The van der Waals surface area contributed by atoms with E-state index in [-0.39, 0.29) is 0 Å². The minimum Gasteiger partial charge on any atom is -0.496 e. The Labute approximate surface area is 178 Å². The smallest absolute Gasteiger partial charge is 0.213 e. The molecule has 0 atom stereocenters. The van der Waals surface area contributed by atoms with Crippen LogP contribution < -0.4 is 14.2 Å². The highest BCUT2D eigenvalue weighted by molar-refractivity contribution is 6.08. The van der Waals surface area contributed by atoms with Crippen molar-refractivity contribution in [2.45, 2.75) is 20.4 Å². The van der Waals surface area contributed by atoms with Crippen LogP contribution in [0.1, 0.15) is 13.8 Å². The van der Waals surface area contributed by atoms with E-state index in [1.807, 2.05) is 6.08 Å². The Kier molecular flexibility index (Phi) is 5.71. The van der Waals surface area contributed by atoms with Crippen LogP contribution in [0.15, 0.2) is 79.4 Å². The van der Waals surface area contributed by atoms with E-state index in [0.29, 0.717) is 0 Å². The first-order valence-corrected chi connectivity index (χ1v) is 10.6. The first-order valence-electron chi connectivity index (χ1n) is 10.6. The summed E-state index contributed by atoms with van der Waals surface area (Å²) in [6.07, 6.45) is 1.96. The Morgan fingerprint density at radius 1 is 0.900 bits per heavy atom. The molecule has 0 aliphatic carbocycles. The number of benzene rings is 3. The van der Waals surface area contributed by atoms with Crippen LogP contribution in [0.3, 0.4) is 0 Å². The van der Waals surface area contributed by atoms with Crippen molar-refractivity contribution in [3.8, 4) is 16.9 Å². The molecule has 30 heavy (non-hydrogen) atoms. The highest BCUT2D eigenvalue weighted by Gasteiger charge is 2.22. The number of allylic oxidation sites excluding steroid dienone is 1. The third-order valence-corrected chi connectivity index (χ3v) is 5.82. The summed E-state index contributed by atoms with van der Waals surface area (Å²) in [6, 6.07) is 23.8. The fourth-order valence-corrected chi connectivity index (χ4v) is 4.40. The van der Waals surface area contributed by atoms with E-state index in [1.165, 1.54) is 33.1 Å². The van der Waals surface area contributed by atoms with E-state index in [9.17, 15) is 0 Å². The molecule has 152 valence electrons. The number of hydrogen-bond acceptors (Lipinski definition) is 2. The predicted molar refractivity (Wildman–Crippen MR) is 127 cm³/mol. The van der Waals surface area contributed by atoms with E-state index >= 15 is 0 Å². The summed E-state index contributed by atoms with van der Waals surface area (Å²) in [4.78, 5) is 2.34. The second-order valence-corrected chi connectivity index (χ2v) is 7.37. The normalized spacial score (nSPS) is 11.0. The lowest BCUT2D eigenvalue weighted by Gasteiger charge is -2.23. The van der Waals surface area contributed by atoms with Crippen LogP contribution in [-0.4, -0.2) is 20.2 Å². The topological polar surface area (TPSA) is 16.4 Å². The third-order valence-electron chi connectivity index (χ3n) is 5.82. The molecule has 3 nitrogen and oxygen atoms in total. The van der Waals surface area contributed by atoms with Gasteiger partial charge in [-0.15, -0.1) is 0 Å². The summed E-state index contributed by atoms with van der Waals surface area (Å²) in [5.74, 6) is 0.899. The number of fused-ring (bicyclic) bond motifs is 2. The van der Waals surface area contributed by atoms with Crippen molar-refractivity contribution < 1.29 is 9.30 Å². The number of pyridine rings is 1. The van der Waals surface area contributed by atoms with Gasteiger partial charge >= 0.3 is 0 Å². The first-order chi connectivity index (χ1) is 14.7. The number of rotatable bonds is 7. The second-order valence-electron chi connectivity index (χ2n) is 7.37. The summed E-state index contributed by atoms with van der Waals surface area (Å²) in [6.45, 7) is 11.0. The molecule has 0 saturated carbocycles. The molecule has 3 heteroatoms. The average molecular weight is 398 g/mol. The number of nitrogens with zero attached hydrogens (tertiary/aromatic N) is 2. The quantitative estimate of drug-likeness (QED) is 0.216. The fourth-order valence-electron chi connectivity index (χ4n) is 4.40. The monoisotopic (exact) mass is 397 g/mol. The molecular weight excluding hydrogens is 368 g/mol. The van der Waals surface area contributed by atoms with Gasteiger partial charge in [-0.25, -0.2) is 0 Å². The first kappa shape index (κ1) is 20.0. The maximum atomic E-state index is 5.91. The van der Waals surface area contributed by atoms with Crippen LogP contribution in [0.2, 0.25) is 0 Å². The highest BCUT2D eigenvalue weighted by atomic mass is 16.5. The van der Waals surface area contributed by atoms with E-state index in [1.54, 1.807) is 7.11 Å². The Hall–Kier alpha value is -3.33. The molecule has 0 saturated heterocycles. The number of para-hydroxylation sites is 2. The average Bonchev–Trinajstić information content (AvgIpc) is 2.80. The molecule has 4 aromatic rings. The van der Waals surface area contributed by atoms with Gasteiger partial charge in [-0.2, -0.15) is 4.57 Å². The van der Waals surface area contributed by atoms with Crippen LogP contribution in [-0.2, 0) is 6.54 Å². The van der Waals surface area contributed by atoms with Gasteiger partial charge in [0.15, 0.2) is 6.54 Å². The molecule has 0 aliphatic rings. The van der Waals surface area contributed by atoms with Crippen LogP contribution >= 0.6 is 0 Å². The summed E-state index contributed by atoms with van der Waals surface area (Å²) in [7, 11) is 1.76. The lowest BCUT2D eigenvalue weighted by Crippen LogP contribution is -2.34. The van der Waals surface area contributed by atoms with E-state index in [0.717, 1.165) is 30.9 Å². The van der Waals surface area contributed by atoms with E-state index in [4.69, 9.17) is 4.74 Å². The Bertz CT molecular complexity index is 1150. The van der Waals surface area contributed by atoms with Gasteiger partial charge in [-0.3, -0.25) is 0 Å². The third kappa shape index (κ3) is 3.30. The fraction of sp³-hybridized carbons (Fsp3) is 0.222. The van der Waals surface area contributed by atoms with Crippen molar-refractivity contribution in [2.75, 3.05) is 25.1 Å². The van der Waals surface area contributed by atoms with Crippen LogP contribution in [0.4, 0.5) is 5.69 Å². The van der Waals surface area contributed by atoms with E-state index < -0.39 is 0 Å².